The molecule has 1 amide bonds. The van der Waals surface area contributed by atoms with Gasteiger partial charge in [-0.05, 0) is 12.1 Å². The van der Waals surface area contributed by atoms with Crippen molar-refractivity contribution in [3.63, 3.8) is 0 Å². The van der Waals surface area contributed by atoms with Crippen LogP contribution in [0.4, 0.5) is 5.69 Å². The molecule has 1 heterocycles. The molecule has 1 aromatic rings. The highest BCUT2D eigenvalue weighted by molar-refractivity contribution is 5.86. The number of anilines is 1. The summed E-state index contributed by atoms with van der Waals surface area (Å²) in [6, 6.07) is 10.4. The maximum Gasteiger partial charge on any atom is 0.239 e. The van der Waals surface area contributed by atoms with Gasteiger partial charge in [0, 0.05) is 52.6 Å². The van der Waals surface area contributed by atoms with Crippen molar-refractivity contribution >= 4 is 17.6 Å². The van der Waals surface area contributed by atoms with Gasteiger partial charge in [-0.3, -0.25) is 9.79 Å². The van der Waals surface area contributed by atoms with Gasteiger partial charge in [-0.1, -0.05) is 18.2 Å². The van der Waals surface area contributed by atoms with E-state index in [2.05, 4.69) is 49.7 Å². The molecule has 2 rings (SSSR count). The number of para-hydroxylation sites is 1. The summed E-state index contributed by atoms with van der Waals surface area (Å²) in [6.07, 6.45) is 0. The first-order valence-electron chi connectivity index (χ1n) is 8.26. The Morgan fingerprint density at radius 2 is 1.88 bits per heavy atom. The van der Waals surface area contributed by atoms with E-state index in [0.717, 1.165) is 32.1 Å². The predicted molar refractivity (Wildman–Crippen MR) is 96.5 cm³/mol. The maximum absolute atomic E-state index is 11.7. The lowest BCUT2D eigenvalue weighted by Gasteiger charge is -2.37. The zero-order valence-corrected chi connectivity index (χ0v) is 14.5. The summed E-state index contributed by atoms with van der Waals surface area (Å²) in [7, 11) is 3.36. The average Bonchev–Trinajstić information content (AvgIpc) is 2.64. The molecule has 0 aliphatic carbocycles. The van der Waals surface area contributed by atoms with E-state index in [1.54, 1.807) is 14.2 Å². The molecule has 1 fully saturated rings. The molecule has 0 radical (unpaired) electrons. The molecule has 0 bridgehead atoms. The Kier molecular flexibility index (Phi) is 7.35. The van der Waals surface area contributed by atoms with Gasteiger partial charge in [0.2, 0.25) is 5.91 Å². The average molecular weight is 333 g/mol. The molecular formula is C17H27N5O2. The number of carbonyl (C=O) groups is 1. The third-order valence-corrected chi connectivity index (χ3v) is 3.95. The third kappa shape index (κ3) is 5.42. The number of benzene rings is 1. The Labute approximate surface area is 143 Å². The Bertz CT molecular complexity index is 527. The summed E-state index contributed by atoms with van der Waals surface area (Å²) in [5.41, 5.74) is 1.25. The van der Waals surface area contributed by atoms with E-state index in [1.165, 1.54) is 5.69 Å². The van der Waals surface area contributed by atoms with Crippen LogP contribution in [-0.4, -0.2) is 76.8 Å². The molecule has 24 heavy (non-hydrogen) atoms. The molecule has 1 aliphatic heterocycles. The second-order valence-electron chi connectivity index (χ2n) is 5.55. The minimum Gasteiger partial charge on any atom is -0.383 e. The zero-order valence-electron chi connectivity index (χ0n) is 14.5. The molecular weight excluding hydrogens is 306 g/mol. The molecule has 0 spiro atoms. The van der Waals surface area contributed by atoms with Gasteiger partial charge in [-0.2, -0.15) is 0 Å². The fourth-order valence-electron chi connectivity index (χ4n) is 2.66. The number of amides is 1. The smallest absolute Gasteiger partial charge is 0.239 e. The van der Waals surface area contributed by atoms with Crippen molar-refractivity contribution in [2.75, 3.05) is 64.9 Å². The SMILES string of the molecule is CN=C(NCC(=O)NCCOC)N1CCN(c2ccccc2)CC1. The number of piperazine rings is 1. The van der Waals surface area contributed by atoms with E-state index in [1.807, 2.05) is 6.07 Å². The summed E-state index contributed by atoms with van der Waals surface area (Å²) in [4.78, 5) is 20.6. The lowest BCUT2D eigenvalue weighted by atomic mass is 10.2. The van der Waals surface area contributed by atoms with Crippen molar-refractivity contribution < 1.29 is 9.53 Å². The lowest BCUT2D eigenvalue weighted by Crippen LogP contribution is -2.53. The Hall–Kier alpha value is -2.28. The number of methoxy groups -OCH3 is 1. The molecule has 1 aliphatic rings. The number of ether oxygens (including phenoxy) is 1. The zero-order chi connectivity index (χ0) is 17.2. The van der Waals surface area contributed by atoms with E-state index < -0.39 is 0 Å². The molecule has 1 saturated heterocycles. The van der Waals surface area contributed by atoms with Crippen LogP contribution in [-0.2, 0) is 9.53 Å². The molecule has 2 N–H and O–H groups in total. The first kappa shape index (κ1) is 18.1. The van der Waals surface area contributed by atoms with Crippen molar-refractivity contribution in [2.24, 2.45) is 4.99 Å². The van der Waals surface area contributed by atoms with Gasteiger partial charge in [0.15, 0.2) is 5.96 Å². The number of guanidine groups is 1. The largest absolute Gasteiger partial charge is 0.383 e. The molecule has 7 nitrogen and oxygen atoms in total. The summed E-state index contributed by atoms with van der Waals surface area (Å²) < 4.78 is 4.91. The van der Waals surface area contributed by atoms with Crippen LogP contribution in [0.2, 0.25) is 0 Å². The topological polar surface area (TPSA) is 69.2 Å². The fourth-order valence-corrected chi connectivity index (χ4v) is 2.66. The van der Waals surface area contributed by atoms with Crippen LogP contribution in [0.5, 0.6) is 0 Å². The molecule has 0 unspecified atom stereocenters. The van der Waals surface area contributed by atoms with Gasteiger partial charge in [0.05, 0.1) is 13.2 Å². The van der Waals surface area contributed by atoms with Gasteiger partial charge < -0.3 is 25.2 Å². The van der Waals surface area contributed by atoms with Crippen molar-refractivity contribution in [1.82, 2.24) is 15.5 Å². The van der Waals surface area contributed by atoms with E-state index in [0.29, 0.717) is 13.2 Å². The highest BCUT2D eigenvalue weighted by atomic mass is 16.5. The second kappa shape index (κ2) is 9.77. The first-order valence-corrected chi connectivity index (χ1v) is 8.26. The molecule has 7 heteroatoms. The summed E-state index contributed by atoms with van der Waals surface area (Å²) in [5, 5.41) is 5.91. The normalized spacial score (nSPS) is 15.3. The highest BCUT2D eigenvalue weighted by Gasteiger charge is 2.19. The number of aliphatic imine (C=N–C) groups is 1. The number of hydrogen-bond donors (Lipinski definition) is 2. The fraction of sp³-hybridized carbons (Fsp3) is 0.529. The predicted octanol–water partition coefficient (Wildman–Crippen LogP) is 0.147. The first-order chi connectivity index (χ1) is 11.7. The number of nitrogens with one attached hydrogen (secondary N) is 2. The van der Waals surface area contributed by atoms with Gasteiger partial charge in [-0.25, -0.2) is 0 Å². The van der Waals surface area contributed by atoms with Gasteiger partial charge >= 0.3 is 0 Å². The van der Waals surface area contributed by atoms with E-state index in [4.69, 9.17) is 4.74 Å². The molecule has 132 valence electrons. The van der Waals surface area contributed by atoms with Crippen molar-refractivity contribution in [3.05, 3.63) is 30.3 Å². The second-order valence-corrected chi connectivity index (χ2v) is 5.55. The van der Waals surface area contributed by atoms with Gasteiger partial charge in [-0.15, -0.1) is 0 Å². The van der Waals surface area contributed by atoms with Crippen LogP contribution in [0.3, 0.4) is 0 Å². The number of nitrogens with zero attached hydrogens (tertiary/aromatic N) is 3. The van der Waals surface area contributed by atoms with Crippen molar-refractivity contribution in [2.45, 2.75) is 0 Å². The van der Waals surface area contributed by atoms with Gasteiger partial charge in [0.1, 0.15) is 0 Å². The van der Waals surface area contributed by atoms with Crippen LogP contribution in [0.1, 0.15) is 0 Å². The van der Waals surface area contributed by atoms with Crippen molar-refractivity contribution in [1.29, 1.82) is 0 Å². The van der Waals surface area contributed by atoms with E-state index in [9.17, 15) is 4.79 Å². The molecule has 0 atom stereocenters. The monoisotopic (exact) mass is 333 g/mol. The Morgan fingerprint density at radius 3 is 2.50 bits per heavy atom. The number of hydrogen-bond acceptors (Lipinski definition) is 4. The Balaban J connectivity index is 1.76. The van der Waals surface area contributed by atoms with Gasteiger partial charge in [0.25, 0.3) is 0 Å². The molecule has 0 aromatic heterocycles. The minimum atomic E-state index is -0.0591. The summed E-state index contributed by atoms with van der Waals surface area (Å²) in [6.45, 7) is 4.87. The number of carbonyl (C=O) groups excluding carboxylic acids is 1. The third-order valence-electron chi connectivity index (χ3n) is 3.95. The Morgan fingerprint density at radius 1 is 1.17 bits per heavy atom. The quantitative estimate of drug-likeness (QED) is 0.440. The van der Waals surface area contributed by atoms with Crippen LogP contribution in [0.15, 0.2) is 35.3 Å². The standard InChI is InChI=1S/C17H27N5O2/c1-18-17(20-14-16(23)19-8-13-24-2)22-11-9-21(10-12-22)15-6-4-3-5-7-15/h3-7H,8-14H2,1-2H3,(H,18,20)(H,19,23). The van der Waals surface area contributed by atoms with E-state index >= 15 is 0 Å². The minimum absolute atomic E-state index is 0.0591. The van der Waals surface area contributed by atoms with Crippen LogP contribution in [0.25, 0.3) is 0 Å². The summed E-state index contributed by atoms with van der Waals surface area (Å²) >= 11 is 0. The maximum atomic E-state index is 11.7. The lowest BCUT2D eigenvalue weighted by molar-refractivity contribution is -0.120. The van der Waals surface area contributed by atoms with Crippen LogP contribution >= 0.6 is 0 Å². The van der Waals surface area contributed by atoms with Crippen LogP contribution < -0.4 is 15.5 Å². The molecule has 0 saturated carbocycles. The number of rotatable bonds is 6. The van der Waals surface area contributed by atoms with Crippen LogP contribution in [0, 0.1) is 0 Å². The highest BCUT2D eigenvalue weighted by Crippen LogP contribution is 2.15. The van der Waals surface area contributed by atoms with E-state index in [-0.39, 0.29) is 12.5 Å². The summed E-state index contributed by atoms with van der Waals surface area (Å²) in [5.74, 6) is 0.709. The molecule has 1 aromatic carbocycles. The van der Waals surface area contributed by atoms with Crippen molar-refractivity contribution in [3.8, 4) is 0 Å².